The molecule has 0 aromatic rings. The van der Waals surface area contributed by atoms with E-state index in [1.807, 2.05) is 13.8 Å². The van der Waals surface area contributed by atoms with Crippen LogP contribution in [0.2, 0.25) is 0 Å². The van der Waals surface area contributed by atoms with E-state index in [-0.39, 0.29) is 0 Å². The lowest BCUT2D eigenvalue weighted by Crippen LogP contribution is -2.13. The SMILES string of the molecule is C/C=N/N(/C=N\C)CC. The molecule has 0 atom stereocenters. The van der Waals surface area contributed by atoms with Gasteiger partial charge >= 0.3 is 0 Å². The maximum atomic E-state index is 3.99. The van der Waals surface area contributed by atoms with E-state index in [0.29, 0.717) is 0 Å². The standard InChI is InChI=1S/C6H13N3/c1-4-8-9(5-2)6-7-3/h4,6H,5H2,1-3H3/b7-6-,8-4+. The van der Waals surface area contributed by atoms with Crippen molar-refractivity contribution >= 4 is 12.6 Å². The first-order valence-corrected chi connectivity index (χ1v) is 3.02. The molecule has 0 aliphatic rings. The normalized spacial score (nSPS) is 11.4. The van der Waals surface area contributed by atoms with Crippen LogP contribution in [0.5, 0.6) is 0 Å². The molecule has 0 amide bonds. The van der Waals surface area contributed by atoms with Crippen LogP contribution in [0.4, 0.5) is 0 Å². The molecule has 0 N–H and O–H groups in total. The van der Waals surface area contributed by atoms with Gasteiger partial charge in [-0.3, -0.25) is 10.0 Å². The monoisotopic (exact) mass is 127 g/mol. The van der Waals surface area contributed by atoms with Crippen molar-refractivity contribution in [3.05, 3.63) is 0 Å². The quantitative estimate of drug-likeness (QED) is 0.315. The summed E-state index contributed by atoms with van der Waals surface area (Å²) in [6, 6.07) is 0. The van der Waals surface area contributed by atoms with Crippen molar-refractivity contribution in [2.45, 2.75) is 13.8 Å². The molecule has 0 aliphatic heterocycles. The highest BCUT2D eigenvalue weighted by atomic mass is 15.4. The summed E-state index contributed by atoms with van der Waals surface area (Å²) in [6.07, 6.45) is 3.44. The van der Waals surface area contributed by atoms with Crippen molar-refractivity contribution in [1.29, 1.82) is 0 Å². The second-order valence-electron chi connectivity index (χ2n) is 1.50. The van der Waals surface area contributed by atoms with Gasteiger partial charge in [0.05, 0.1) is 0 Å². The first kappa shape index (κ1) is 8.14. The lowest BCUT2D eigenvalue weighted by Gasteiger charge is -2.07. The van der Waals surface area contributed by atoms with Gasteiger partial charge in [0.25, 0.3) is 0 Å². The molecule has 0 unspecified atom stereocenters. The Kier molecular flexibility index (Phi) is 4.78. The fourth-order valence-electron chi connectivity index (χ4n) is 0.475. The number of rotatable bonds is 3. The van der Waals surface area contributed by atoms with Gasteiger partial charge in [-0.15, -0.1) is 0 Å². The molecule has 0 spiro atoms. The van der Waals surface area contributed by atoms with E-state index in [0.717, 1.165) is 6.54 Å². The minimum absolute atomic E-state index is 0.863. The average Bonchev–Trinajstić information content (AvgIpc) is 1.88. The zero-order valence-electron chi connectivity index (χ0n) is 6.20. The van der Waals surface area contributed by atoms with Crippen LogP contribution in [0, 0.1) is 0 Å². The van der Waals surface area contributed by atoms with E-state index >= 15 is 0 Å². The van der Waals surface area contributed by atoms with Crippen LogP contribution in [0.15, 0.2) is 10.1 Å². The third-order valence-corrected chi connectivity index (χ3v) is 0.837. The van der Waals surface area contributed by atoms with E-state index in [1.54, 1.807) is 24.6 Å². The second kappa shape index (κ2) is 5.28. The summed E-state index contributed by atoms with van der Waals surface area (Å²) in [6.45, 7) is 4.77. The van der Waals surface area contributed by atoms with Crippen LogP contribution in [-0.2, 0) is 0 Å². The fraction of sp³-hybridized carbons (Fsp3) is 0.667. The first-order valence-electron chi connectivity index (χ1n) is 3.02. The summed E-state index contributed by atoms with van der Waals surface area (Å²) in [5, 5.41) is 5.76. The summed E-state index contributed by atoms with van der Waals surface area (Å²) in [5.41, 5.74) is 0. The highest BCUT2D eigenvalue weighted by Crippen LogP contribution is 1.80. The van der Waals surface area contributed by atoms with Gasteiger partial charge in [-0.2, -0.15) is 5.10 Å². The zero-order chi connectivity index (χ0) is 7.11. The molecule has 0 rings (SSSR count). The first-order chi connectivity index (χ1) is 4.35. The van der Waals surface area contributed by atoms with Crippen molar-refractivity contribution in [3.8, 4) is 0 Å². The number of aliphatic imine (C=N–C) groups is 1. The van der Waals surface area contributed by atoms with E-state index in [1.165, 1.54) is 0 Å². The van der Waals surface area contributed by atoms with Gasteiger partial charge in [0.2, 0.25) is 0 Å². The Hall–Kier alpha value is -0.860. The topological polar surface area (TPSA) is 28.0 Å². The molecule has 0 saturated heterocycles. The van der Waals surface area contributed by atoms with Gasteiger partial charge in [-0.05, 0) is 13.8 Å². The Labute approximate surface area is 56.1 Å². The predicted octanol–water partition coefficient (Wildman–Crippen LogP) is 0.972. The van der Waals surface area contributed by atoms with Gasteiger partial charge in [0.1, 0.15) is 6.34 Å². The van der Waals surface area contributed by atoms with Gasteiger partial charge in [0, 0.05) is 19.8 Å². The zero-order valence-corrected chi connectivity index (χ0v) is 6.20. The van der Waals surface area contributed by atoms with Crippen LogP contribution < -0.4 is 0 Å². The van der Waals surface area contributed by atoms with Gasteiger partial charge < -0.3 is 0 Å². The molecular weight excluding hydrogens is 114 g/mol. The highest BCUT2D eigenvalue weighted by molar-refractivity contribution is 5.59. The van der Waals surface area contributed by atoms with E-state index < -0.39 is 0 Å². The van der Waals surface area contributed by atoms with Crippen LogP contribution in [0.25, 0.3) is 0 Å². The van der Waals surface area contributed by atoms with Crippen LogP contribution in [0.3, 0.4) is 0 Å². The van der Waals surface area contributed by atoms with Crippen molar-refractivity contribution in [2.24, 2.45) is 10.1 Å². The van der Waals surface area contributed by atoms with Gasteiger partial charge in [0.15, 0.2) is 0 Å². The van der Waals surface area contributed by atoms with Crippen molar-refractivity contribution < 1.29 is 0 Å². The van der Waals surface area contributed by atoms with Crippen LogP contribution in [-0.4, -0.2) is 31.2 Å². The summed E-state index contributed by atoms with van der Waals surface area (Å²) in [4.78, 5) is 3.81. The number of hydrazone groups is 1. The molecule has 0 aromatic carbocycles. The predicted molar refractivity (Wildman–Crippen MR) is 41.0 cm³/mol. The molecule has 0 saturated carbocycles. The number of hydrogen-bond donors (Lipinski definition) is 0. The van der Waals surface area contributed by atoms with Crippen molar-refractivity contribution in [2.75, 3.05) is 13.6 Å². The highest BCUT2D eigenvalue weighted by Gasteiger charge is 1.85. The largest absolute Gasteiger partial charge is 0.277 e. The molecule has 0 bridgehead atoms. The average molecular weight is 127 g/mol. The van der Waals surface area contributed by atoms with Gasteiger partial charge in [-0.25, -0.2) is 0 Å². The summed E-state index contributed by atoms with van der Waals surface area (Å²) >= 11 is 0. The Morgan fingerprint density at radius 1 is 1.56 bits per heavy atom. The molecule has 0 aliphatic carbocycles. The minimum Gasteiger partial charge on any atom is -0.277 e. The number of hydrogen-bond acceptors (Lipinski definition) is 2. The summed E-state index contributed by atoms with van der Waals surface area (Å²) < 4.78 is 0. The molecule has 3 heteroatoms. The Morgan fingerprint density at radius 3 is 2.56 bits per heavy atom. The Bertz CT molecular complexity index is 94.9. The summed E-state index contributed by atoms with van der Waals surface area (Å²) in [5.74, 6) is 0. The molecule has 0 radical (unpaired) electrons. The third-order valence-electron chi connectivity index (χ3n) is 0.837. The second-order valence-corrected chi connectivity index (χ2v) is 1.50. The Morgan fingerprint density at radius 2 is 2.22 bits per heavy atom. The maximum Gasteiger partial charge on any atom is 0.105 e. The molecule has 3 nitrogen and oxygen atoms in total. The molecule has 0 heterocycles. The minimum atomic E-state index is 0.863. The fourth-order valence-corrected chi connectivity index (χ4v) is 0.475. The lowest BCUT2D eigenvalue weighted by atomic mass is 10.7. The van der Waals surface area contributed by atoms with E-state index in [9.17, 15) is 0 Å². The Balaban J connectivity index is 3.68. The lowest BCUT2D eigenvalue weighted by molar-refractivity contribution is 0.487. The molecule has 0 aromatic heterocycles. The smallest absolute Gasteiger partial charge is 0.105 e. The van der Waals surface area contributed by atoms with E-state index in [2.05, 4.69) is 10.1 Å². The molecular formula is C6H13N3. The number of nitrogens with zero attached hydrogens (tertiary/aromatic N) is 3. The van der Waals surface area contributed by atoms with E-state index in [4.69, 9.17) is 0 Å². The van der Waals surface area contributed by atoms with Gasteiger partial charge in [-0.1, -0.05) is 0 Å². The van der Waals surface area contributed by atoms with Crippen molar-refractivity contribution in [3.63, 3.8) is 0 Å². The van der Waals surface area contributed by atoms with Crippen LogP contribution in [0.1, 0.15) is 13.8 Å². The van der Waals surface area contributed by atoms with Crippen LogP contribution >= 0.6 is 0 Å². The molecule has 9 heavy (non-hydrogen) atoms. The van der Waals surface area contributed by atoms with Crippen molar-refractivity contribution in [1.82, 2.24) is 5.01 Å². The molecule has 0 fully saturated rings. The third kappa shape index (κ3) is 3.70. The maximum absolute atomic E-state index is 3.99. The molecule has 52 valence electrons. The summed E-state index contributed by atoms with van der Waals surface area (Å²) in [7, 11) is 1.73.